The molecule has 1 aliphatic heterocycles. The molecule has 1 atom stereocenters. The first-order valence-electron chi connectivity index (χ1n) is 6.86. The van der Waals surface area contributed by atoms with E-state index in [1.807, 2.05) is 49.4 Å². The van der Waals surface area contributed by atoms with Crippen molar-refractivity contribution in [1.82, 2.24) is 4.73 Å². The van der Waals surface area contributed by atoms with E-state index in [-0.39, 0.29) is 0 Å². The molecule has 4 heteroatoms. The molecule has 0 radical (unpaired) electrons. The van der Waals surface area contributed by atoms with Gasteiger partial charge in [0.2, 0.25) is 5.79 Å². The Kier molecular flexibility index (Phi) is 2.35. The molecule has 0 bridgehead atoms. The van der Waals surface area contributed by atoms with Crippen LogP contribution in [0.25, 0.3) is 28.3 Å². The first-order valence-corrected chi connectivity index (χ1v) is 6.86. The minimum Gasteiger partial charge on any atom is -0.461 e. The molecule has 1 unspecified atom stereocenters. The van der Waals surface area contributed by atoms with Gasteiger partial charge < -0.3 is 14.4 Å². The van der Waals surface area contributed by atoms with E-state index in [0.717, 1.165) is 33.7 Å². The number of aliphatic hydroxyl groups is 1. The van der Waals surface area contributed by atoms with Gasteiger partial charge in [-0.1, -0.05) is 18.2 Å². The van der Waals surface area contributed by atoms with E-state index < -0.39 is 5.79 Å². The van der Waals surface area contributed by atoms with Crippen molar-refractivity contribution in [3.05, 3.63) is 53.9 Å². The second kappa shape index (κ2) is 4.02. The van der Waals surface area contributed by atoms with Crippen LogP contribution >= 0.6 is 0 Å². The Balaban J connectivity index is 2.07. The van der Waals surface area contributed by atoms with Crippen molar-refractivity contribution < 1.29 is 14.4 Å². The molecule has 0 amide bonds. The van der Waals surface area contributed by atoms with Crippen LogP contribution in [0, 0.1) is 6.92 Å². The lowest BCUT2D eigenvalue weighted by Gasteiger charge is -2.26. The largest absolute Gasteiger partial charge is 0.461 e. The summed E-state index contributed by atoms with van der Waals surface area (Å²) in [7, 11) is 0. The van der Waals surface area contributed by atoms with Gasteiger partial charge in [0.05, 0.1) is 16.8 Å². The SMILES string of the molecule is Cc1ccc(-c2c3n(c4ccccc24)OC(C)(O)C=C3)o1. The Bertz CT molecular complexity index is 867. The quantitative estimate of drug-likeness (QED) is 0.744. The van der Waals surface area contributed by atoms with Gasteiger partial charge in [0.1, 0.15) is 11.5 Å². The second-order valence-corrected chi connectivity index (χ2v) is 5.46. The minimum absolute atomic E-state index is 0.798. The van der Waals surface area contributed by atoms with Gasteiger partial charge in [-0.05, 0) is 37.3 Å². The van der Waals surface area contributed by atoms with Gasteiger partial charge in [-0.15, -0.1) is 0 Å². The first kappa shape index (κ1) is 12.3. The third kappa shape index (κ3) is 1.80. The number of hydrogen-bond acceptors (Lipinski definition) is 3. The zero-order chi connectivity index (χ0) is 14.6. The van der Waals surface area contributed by atoms with E-state index in [4.69, 9.17) is 9.25 Å². The zero-order valence-electron chi connectivity index (χ0n) is 11.8. The molecule has 4 rings (SSSR count). The topological polar surface area (TPSA) is 47.5 Å². The maximum absolute atomic E-state index is 10.1. The smallest absolute Gasteiger partial charge is 0.249 e. The molecule has 0 spiro atoms. The van der Waals surface area contributed by atoms with Gasteiger partial charge in [-0.25, -0.2) is 0 Å². The van der Waals surface area contributed by atoms with E-state index in [9.17, 15) is 5.11 Å². The number of fused-ring (bicyclic) bond motifs is 3. The Hall–Kier alpha value is -2.46. The predicted octanol–water partition coefficient (Wildman–Crippen LogP) is 3.37. The maximum atomic E-state index is 10.1. The van der Waals surface area contributed by atoms with E-state index >= 15 is 0 Å². The summed E-state index contributed by atoms with van der Waals surface area (Å²) in [5.41, 5.74) is 2.75. The van der Waals surface area contributed by atoms with E-state index in [0.29, 0.717) is 0 Å². The predicted molar refractivity (Wildman–Crippen MR) is 80.6 cm³/mol. The number of aryl methyl sites for hydroxylation is 1. The van der Waals surface area contributed by atoms with Crippen LogP contribution in [0.5, 0.6) is 0 Å². The Morgan fingerprint density at radius 2 is 1.95 bits per heavy atom. The summed E-state index contributed by atoms with van der Waals surface area (Å²) in [6, 6.07) is 11.8. The molecule has 4 nitrogen and oxygen atoms in total. The van der Waals surface area contributed by atoms with Crippen molar-refractivity contribution in [2.24, 2.45) is 0 Å². The van der Waals surface area contributed by atoms with Crippen LogP contribution in [0.4, 0.5) is 0 Å². The number of furan rings is 1. The molecule has 0 saturated carbocycles. The number of aromatic nitrogens is 1. The van der Waals surface area contributed by atoms with Gasteiger partial charge in [-0.3, -0.25) is 0 Å². The van der Waals surface area contributed by atoms with Crippen LogP contribution in [-0.2, 0) is 0 Å². The lowest BCUT2D eigenvalue weighted by atomic mass is 10.1. The average Bonchev–Trinajstić information content (AvgIpc) is 2.99. The molecule has 0 saturated heterocycles. The number of nitrogens with zero attached hydrogens (tertiary/aromatic N) is 1. The number of benzene rings is 1. The third-order valence-corrected chi connectivity index (χ3v) is 3.68. The van der Waals surface area contributed by atoms with E-state index in [2.05, 4.69) is 0 Å². The van der Waals surface area contributed by atoms with E-state index in [1.165, 1.54) is 0 Å². The van der Waals surface area contributed by atoms with Crippen molar-refractivity contribution in [3.8, 4) is 11.3 Å². The summed E-state index contributed by atoms with van der Waals surface area (Å²) in [5, 5.41) is 11.1. The molecule has 1 N–H and O–H groups in total. The minimum atomic E-state index is -1.31. The molecular weight excluding hydrogens is 266 g/mol. The number of rotatable bonds is 1. The highest BCUT2D eigenvalue weighted by Gasteiger charge is 2.29. The standard InChI is InChI=1S/C17H15NO3/c1-11-7-8-15(20-11)16-12-5-3-4-6-13(12)18-14(16)9-10-17(2,19)21-18/h3-10,19H,1-2H3. The van der Waals surface area contributed by atoms with E-state index in [1.54, 1.807) is 17.7 Å². The number of para-hydroxylation sites is 1. The zero-order valence-corrected chi connectivity index (χ0v) is 11.8. The molecular formula is C17H15NO3. The van der Waals surface area contributed by atoms with Crippen molar-refractivity contribution in [2.45, 2.75) is 19.6 Å². The summed E-state index contributed by atoms with van der Waals surface area (Å²) < 4.78 is 7.46. The lowest BCUT2D eigenvalue weighted by Crippen LogP contribution is -2.38. The maximum Gasteiger partial charge on any atom is 0.249 e. The second-order valence-electron chi connectivity index (χ2n) is 5.46. The Labute approximate surface area is 121 Å². The Morgan fingerprint density at radius 3 is 2.71 bits per heavy atom. The van der Waals surface area contributed by atoms with Crippen molar-refractivity contribution in [1.29, 1.82) is 0 Å². The van der Waals surface area contributed by atoms with Crippen molar-refractivity contribution in [3.63, 3.8) is 0 Å². The monoisotopic (exact) mass is 281 g/mol. The first-order chi connectivity index (χ1) is 10.1. The summed E-state index contributed by atoms with van der Waals surface area (Å²) in [6.07, 6.45) is 3.51. The molecule has 3 heterocycles. The van der Waals surface area contributed by atoms with Crippen molar-refractivity contribution >= 4 is 17.0 Å². The van der Waals surface area contributed by atoms with Crippen LogP contribution < -0.4 is 4.84 Å². The molecule has 0 aliphatic carbocycles. The van der Waals surface area contributed by atoms with Gasteiger partial charge in [0, 0.05) is 12.3 Å². The number of hydrogen-bond donors (Lipinski definition) is 1. The highest BCUT2D eigenvalue weighted by molar-refractivity contribution is 5.99. The average molecular weight is 281 g/mol. The molecule has 1 aliphatic rings. The summed E-state index contributed by atoms with van der Waals surface area (Å²) in [6.45, 7) is 3.53. The van der Waals surface area contributed by atoms with Crippen LogP contribution in [0.1, 0.15) is 18.4 Å². The summed E-state index contributed by atoms with van der Waals surface area (Å²) in [4.78, 5) is 5.69. The van der Waals surface area contributed by atoms with Crippen LogP contribution in [0.3, 0.4) is 0 Å². The fourth-order valence-corrected chi connectivity index (χ4v) is 2.76. The molecule has 2 aromatic heterocycles. The van der Waals surface area contributed by atoms with Gasteiger partial charge in [0.25, 0.3) is 0 Å². The normalized spacial score (nSPS) is 20.5. The molecule has 0 fully saturated rings. The third-order valence-electron chi connectivity index (χ3n) is 3.68. The summed E-state index contributed by atoms with van der Waals surface area (Å²) >= 11 is 0. The fourth-order valence-electron chi connectivity index (χ4n) is 2.76. The highest BCUT2D eigenvalue weighted by atomic mass is 16.7. The molecule has 106 valence electrons. The van der Waals surface area contributed by atoms with Crippen LogP contribution in [-0.4, -0.2) is 15.6 Å². The molecule has 3 aromatic rings. The molecule has 1 aromatic carbocycles. The van der Waals surface area contributed by atoms with Crippen molar-refractivity contribution in [2.75, 3.05) is 0 Å². The summed E-state index contributed by atoms with van der Waals surface area (Å²) in [5.74, 6) is 0.347. The van der Waals surface area contributed by atoms with Gasteiger partial charge >= 0.3 is 0 Å². The Morgan fingerprint density at radius 1 is 1.14 bits per heavy atom. The fraction of sp³-hybridized carbons (Fsp3) is 0.176. The van der Waals surface area contributed by atoms with Gasteiger partial charge in [-0.2, -0.15) is 4.73 Å². The lowest BCUT2D eigenvalue weighted by molar-refractivity contribution is -0.155. The van der Waals surface area contributed by atoms with Gasteiger partial charge in [0.15, 0.2) is 0 Å². The molecule has 21 heavy (non-hydrogen) atoms. The van der Waals surface area contributed by atoms with Crippen LogP contribution in [0.15, 0.2) is 46.9 Å². The van der Waals surface area contributed by atoms with Crippen LogP contribution in [0.2, 0.25) is 0 Å². The highest BCUT2D eigenvalue weighted by Crippen LogP contribution is 2.38.